The van der Waals surface area contributed by atoms with Crippen LogP contribution in [0.1, 0.15) is 61.2 Å². The Balaban J connectivity index is 0.907. The largest absolute Gasteiger partial charge is 0.354 e. The lowest BCUT2D eigenvalue weighted by molar-refractivity contribution is 0.676. The summed E-state index contributed by atoms with van der Waals surface area (Å²) in [4.78, 5) is 7.11. The third kappa shape index (κ3) is 9.72. The molecule has 119 heavy (non-hydrogen) atoms. The van der Waals surface area contributed by atoms with Gasteiger partial charge in [0.2, 0.25) is 0 Å². The molecule has 1 aromatic heterocycles. The van der Waals surface area contributed by atoms with Gasteiger partial charge in [-0.1, -0.05) is 388 Å². The topological polar surface area (TPSA) is 19.0 Å². The predicted molar refractivity (Wildman–Crippen MR) is 499 cm³/mol. The molecule has 552 valence electrons. The molecular formula is C117H74N2. The van der Waals surface area contributed by atoms with Crippen molar-refractivity contribution in [1.29, 1.82) is 0 Å². The monoisotopic (exact) mass is 1510 g/mol. The van der Waals surface area contributed by atoms with Gasteiger partial charge in [-0.3, -0.25) is 0 Å². The molecule has 2 heteroatoms. The van der Waals surface area contributed by atoms with E-state index in [4.69, 9.17) is 0 Å². The van der Waals surface area contributed by atoms with E-state index in [2.05, 4.69) is 441 Å². The maximum atomic E-state index is 4.29. The molecular weight excluding hydrogens is 1430 g/mol. The van der Waals surface area contributed by atoms with Crippen molar-refractivity contribution >= 4 is 85.4 Å². The number of nitrogens with one attached hydrogen (secondary N) is 1. The van der Waals surface area contributed by atoms with Crippen LogP contribution in [0.5, 0.6) is 0 Å². The molecule has 25 rings (SSSR count). The van der Waals surface area contributed by atoms with Gasteiger partial charge in [0.05, 0.1) is 27.7 Å². The second-order valence-corrected chi connectivity index (χ2v) is 32.7. The maximum Gasteiger partial charge on any atom is 0.0803 e. The minimum atomic E-state index is -0.893. The summed E-state index contributed by atoms with van der Waals surface area (Å²) in [6.45, 7) is 0. The molecule has 15 aromatic carbocycles. The zero-order valence-electron chi connectivity index (χ0n) is 65.1. The molecule has 9 aliphatic rings. The van der Waals surface area contributed by atoms with Gasteiger partial charge >= 0.3 is 0 Å². The van der Waals surface area contributed by atoms with Crippen LogP contribution in [-0.4, -0.2) is 4.98 Å². The molecule has 1 heterocycles. The summed E-state index contributed by atoms with van der Waals surface area (Å²) < 4.78 is 0. The average Bonchev–Trinajstić information content (AvgIpc) is 1.57. The minimum Gasteiger partial charge on any atom is -0.354 e. The number of benzene rings is 15. The minimum absolute atomic E-state index is 0.572. The molecule has 2 spiro atoms. The van der Waals surface area contributed by atoms with Crippen LogP contribution in [0.2, 0.25) is 0 Å². The van der Waals surface area contributed by atoms with Crippen molar-refractivity contribution in [3.63, 3.8) is 0 Å². The molecule has 0 aliphatic heterocycles. The molecule has 0 fully saturated rings. The molecule has 2 unspecified atom stereocenters. The second-order valence-electron chi connectivity index (χ2n) is 32.7. The summed E-state index contributed by atoms with van der Waals surface area (Å²) in [6, 6.07) is 130. The first-order valence-electron chi connectivity index (χ1n) is 41.7. The second kappa shape index (κ2) is 26.2. The van der Waals surface area contributed by atoms with E-state index < -0.39 is 10.8 Å². The van der Waals surface area contributed by atoms with Crippen molar-refractivity contribution in [2.75, 3.05) is 4.90 Å². The average molecular weight is 1510 g/mol. The van der Waals surface area contributed by atoms with Crippen LogP contribution < -0.4 is 4.90 Å². The van der Waals surface area contributed by atoms with E-state index in [0.717, 1.165) is 106 Å². The van der Waals surface area contributed by atoms with Crippen LogP contribution in [0.4, 0.5) is 11.4 Å². The highest BCUT2D eigenvalue weighted by Crippen LogP contribution is 2.70. The number of aromatic nitrogens is 1. The highest BCUT2D eigenvalue weighted by Gasteiger charge is 2.54. The summed E-state index contributed by atoms with van der Waals surface area (Å²) in [6.07, 6.45) is 35.3. The Morgan fingerprint density at radius 3 is 1.25 bits per heavy atom. The molecule has 0 amide bonds. The fraction of sp³-hybridized carbons (Fsp3) is 0.0256. The van der Waals surface area contributed by atoms with Crippen LogP contribution in [0.15, 0.2) is 435 Å². The van der Waals surface area contributed by atoms with Crippen LogP contribution >= 0.6 is 0 Å². The van der Waals surface area contributed by atoms with Crippen molar-refractivity contribution in [3.8, 4) is 89.0 Å². The summed E-state index contributed by atoms with van der Waals surface area (Å²) in [7, 11) is 0. The Bertz CT molecular complexity index is 7510. The molecule has 9 aliphatic carbocycles. The summed E-state index contributed by atoms with van der Waals surface area (Å²) >= 11 is 0. The number of nitrogens with zero attached hydrogens (tertiary/aromatic N) is 1. The van der Waals surface area contributed by atoms with E-state index >= 15 is 0 Å². The number of fused-ring (bicyclic) bond motifs is 22. The normalized spacial score (nSPS) is 17.4. The van der Waals surface area contributed by atoms with Gasteiger partial charge in [-0.25, -0.2) is 0 Å². The summed E-state index contributed by atoms with van der Waals surface area (Å²) in [5.41, 5.74) is 47.0. The molecule has 1 N–H and O–H groups in total. The molecule has 0 bridgehead atoms. The number of anilines is 2. The van der Waals surface area contributed by atoms with Crippen molar-refractivity contribution < 1.29 is 0 Å². The van der Waals surface area contributed by atoms with Gasteiger partial charge in [-0.15, -0.1) is 0 Å². The third-order valence-corrected chi connectivity index (χ3v) is 26.8. The highest BCUT2D eigenvalue weighted by molar-refractivity contribution is 6.24. The van der Waals surface area contributed by atoms with Gasteiger partial charge in [-0.05, 0) is 215 Å². The van der Waals surface area contributed by atoms with E-state index in [0.29, 0.717) is 6.42 Å². The number of hydrogen-bond acceptors (Lipinski definition) is 1. The van der Waals surface area contributed by atoms with E-state index in [1.165, 1.54) is 133 Å². The van der Waals surface area contributed by atoms with Gasteiger partial charge in [0.1, 0.15) is 0 Å². The van der Waals surface area contributed by atoms with E-state index in [9.17, 15) is 0 Å². The first-order chi connectivity index (χ1) is 59.1. The van der Waals surface area contributed by atoms with Gasteiger partial charge < -0.3 is 9.88 Å². The zero-order valence-corrected chi connectivity index (χ0v) is 65.1. The zero-order chi connectivity index (χ0) is 78.0. The third-order valence-electron chi connectivity index (χ3n) is 26.8. The molecule has 16 aromatic rings. The smallest absolute Gasteiger partial charge is 0.0803 e. The first-order valence-corrected chi connectivity index (χ1v) is 41.7. The standard InChI is InChI=1S/C117H74N2/c1-6-32-73(33-7-1)83-46-24-25-53-95(83)110-97(99-64-62-92-86-49-22-18-43-79(86)70-101(92)116(99)66-30-54-90-84-47-20-16-42-78(84)69-100(90)116)59-58-82-68-98-111(108(82)110)113(112-89(75-36-10-3-11-37-75)60-61-96-94-52-26-28-56-104(94)118-114(96)112)107(76-38-12-4-13-39-76)109(77-40-14-5-15-41-77)115(98)119(105-57-29-27-51-88(105)74-34-8-2-9-35-74)106-65-63-93-87-50-23-19-45-81(87)72-103(93)117(106)67-31-55-91-85-48-21-17-44-80(85)71-102(91)117/h1-67,69-72,118H,68H2. The number of allylic oxidation sites excluding steroid dienone is 17. The van der Waals surface area contributed by atoms with Gasteiger partial charge in [0.15, 0.2) is 0 Å². The Morgan fingerprint density at radius 1 is 0.252 bits per heavy atom. The number of hydrogen-bond donors (Lipinski definition) is 1. The maximum absolute atomic E-state index is 4.29. The molecule has 2 atom stereocenters. The first kappa shape index (κ1) is 67.1. The van der Waals surface area contributed by atoms with Crippen molar-refractivity contribution in [3.05, 3.63) is 496 Å². The number of aromatic amines is 1. The lowest BCUT2D eigenvalue weighted by Gasteiger charge is -2.47. The molecule has 0 saturated carbocycles. The molecule has 2 nitrogen and oxygen atoms in total. The molecule has 0 saturated heterocycles. The lowest BCUT2D eigenvalue weighted by Crippen LogP contribution is -2.38. The quantitative estimate of drug-likeness (QED) is 0.137. The van der Waals surface area contributed by atoms with E-state index in [1.54, 1.807) is 0 Å². The fourth-order valence-electron chi connectivity index (χ4n) is 21.9. The number of para-hydroxylation sites is 2. The molecule has 0 radical (unpaired) electrons. The predicted octanol–water partition coefficient (Wildman–Crippen LogP) is 30.0. The Labute approximate surface area is 692 Å². The Hall–Kier alpha value is -15.2. The Morgan fingerprint density at radius 2 is 0.681 bits per heavy atom. The van der Waals surface area contributed by atoms with Crippen LogP contribution in [-0.2, 0) is 6.42 Å². The van der Waals surface area contributed by atoms with E-state index in [-0.39, 0.29) is 0 Å². The van der Waals surface area contributed by atoms with Crippen molar-refractivity contribution in [2.45, 2.75) is 6.42 Å². The van der Waals surface area contributed by atoms with Gasteiger partial charge in [0.25, 0.3) is 0 Å². The highest BCUT2D eigenvalue weighted by atomic mass is 15.2. The van der Waals surface area contributed by atoms with Crippen LogP contribution in [0.3, 0.4) is 0 Å². The van der Waals surface area contributed by atoms with Crippen molar-refractivity contribution in [1.82, 2.24) is 4.98 Å². The number of rotatable bonds is 11. The van der Waals surface area contributed by atoms with Gasteiger partial charge in [-0.2, -0.15) is 0 Å². The van der Waals surface area contributed by atoms with Crippen LogP contribution in [0.25, 0.3) is 163 Å². The fourth-order valence-corrected chi connectivity index (χ4v) is 21.9. The lowest BCUT2D eigenvalue weighted by atomic mass is 9.59. The number of H-pyrrole nitrogens is 1. The van der Waals surface area contributed by atoms with Crippen molar-refractivity contribution in [2.24, 2.45) is 10.8 Å². The van der Waals surface area contributed by atoms with E-state index in [1.807, 2.05) is 0 Å². The Kier molecular flexibility index (Phi) is 14.8. The summed E-state index contributed by atoms with van der Waals surface area (Å²) in [5, 5.41) is 2.34. The summed E-state index contributed by atoms with van der Waals surface area (Å²) in [5.74, 6) is 0. The van der Waals surface area contributed by atoms with Gasteiger partial charge in [0, 0.05) is 56.2 Å². The SMILES string of the molecule is C1=CC2(C3=Cc4ccccc4C3=C1)C1=Cc3ccccc3C1=CC=C2c1ccc2c(c1-c1ccccc1-c1ccccc1)-c1c(c(N(C3=CC=C4C(=Cc5ccccc54)C34C=CC=C3C4=Cc4ccccc43)c3ccccc3-c3ccccc3)c(-c3ccccc3)c(-c3ccccc3)c1-c1c(-c3ccccc3)ccc3c1[nH]c1ccccc13)C2. The van der Waals surface area contributed by atoms with Crippen LogP contribution in [0, 0.1) is 10.8 Å².